The molecule has 0 saturated carbocycles. The first kappa shape index (κ1) is 16.4. The Labute approximate surface area is 127 Å². The van der Waals surface area contributed by atoms with Gasteiger partial charge in [0.2, 0.25) is 5.91 Å². The van der Waals surface area contributed by atoms with E-state index in [0.29, 0.717) is 12.8 Å². The van der Waals surface area contributed by atoms with Crippen LogP contribution in [0.1, 0.15) is 24.8 Å². The summed E-state index contributed by atoms with van der Waals surface area (Å²) in [4.78, 5) is 22.6. The normalized spacial score (nSPS) is 20.3. The van der Waals surface area contributed by atoms with E-state index in [-0.39, 0.29) is 23.4 Å². The maximum atomic E-state index is 13.7. The molecule has 2 rings (SSSR count). The fraction of sp³-hybridized carbons (Fsp3) is 0.429. The van der Waals surface area contributed by atoms with E-state index in [9.17, 15) is 22.4 Å². The average Bonchev–Trinajstić information content (AvgIpc) is 2.40. The van der Waals surface area contributed by atoms with E-state index in [1.807, 2.05) is 0 Å². The Hall–Kier alpha value is -1.96. The number of hydrogen-bond acceptors (Lipinski definition) is 4. The van der Waals surface area contributed by atoms with Crippen LogP contribution in [0.2, 0.25) is 0 Å². The highest BCUT2D eigenvalue weighted by molar-refractivity contribution is 7.92. The van der Waals surface area contributed by atoms with Crippen LogP contribution in [0.3, 0.4) is 0 Å². The van der Waals surface area contributed by atoms with Crippen molar-refractivity contribution >= 4 is 27.4 Å². The van der Waals surface area contributed by atoms with Crippen LogP contribution in [0.4, 0.5) is 10.1 Å². The average molecular weight is 329 g/mol. The number of anilines is 1. The summed E-state index contributed by atoms with van der Waals surface area (Å²) >= 11 is 0. The minimum Gasteiger partial charge on any atom is -0.481 e. The lowest BCUT2D eigenvalue weighted by Crippen LogP contribution is -2.39. The lowest BCUT2D eigenvalue weighted by molar-refractivity contribution is -0.136. The molecule has 1 aliphatic heterocycles. The molecule has 0 aliphatic carbocycles. The van der Waals surface area contributed by atoms with Crippen LogP contribution in [0.25, 0.3) is 0 Å². The fourth-order valence-electron chi connectivity index (χ4n) is 2.40. The second-order valence-corrected chi connectivity index (χ2v) is 7.52. The second-order valence-electron chi connectivity index (χ2n) is 5.22. The largest absolute Gasteiger partial charge is 0.481 e. The van der Waals surface area contributed by atoms with Crippen molar-refractivity contribution in [2.45, 2.75) is 30.9 Å². The molecule has 0 bridgehead atoms. The van der Waals surface area contributed by atoms with Gasteiger partial charge in [-0.3, -0.25) is 9.59 Å². The minimum absolute atomic E-state index is 0.00390. The van der Waals surface area contributed by atoms with E-state index < -0.39 is 39.2 Å². The molecule has 1 aromatic carbocycles. The van der Waals surface area contributed by atoms with E-state index in [2.05, 4.69) is 5.32 Å². The quantitative estimate of drug-likeness (QED) is 0.868. The van der Waals surface area contributed by atoms with Crippen LogP contribution in [-0.2, 0) is 25.8 Å². The predicted molar refractivity (Wildman–Crippen MR) is 77.8 cm³/mol. The zero-order chi connectivity index (χ0) is 16.3. The summed E-state index contributed by atoms with van der Waals surface area (Å²) in [6.45, 7) is 0. The summed E-state index contributed by atoms with van der Waals surface area (Å²) in [6.07, 6.45) is 0.999. The summed E-state index contributed by atoms with van der Waals surface area (Å²) in [6, 6.07) is 3.61. The molecule has 1 atom stereocenters. The van der Waals surface area contributed by atoms with Gasteiger partial charge in [0.15, 0.2) is 9.84 Å². The van der Waals surface area contributed by atoms with Gasteiger partial charge < -0.3 is 10.4 Å². The Morgan fingerprint density at radius 2 is 2.05 bits per heavy atom. The number of hydrogen-bond donors (Lipinski definition) is 2. The summed E-state index contributed by atoms with van der Waals surface area (Å²) in [5.74, 6) is -2.61. The molecule has 6 nitrogen and oxygen atoms in total. The Bertz CT molecular complexity index is 701. The molecule has 120 valence electrons. The molecule has 1 heterocycles. The number of carboxylic acid groups (broad SMARTS) is 1. The third-order valence-corrected chi connectivity index (χ3v) is 5.71. The maximum Gasteiger partial charge on any atom is 0.307 e. The van der Waals surface area contributed by atoms with Gasteiger partial charge in [0, 0.05) is 5.69 Å². The Balaban J connectivity index is 2.12. The van der Waals surface area contributed by atoms with E-state index in [4.69, 9.17) is 5.11 Å². The molecule has 2 N–H and O–H groups in total. The van der Waals surface area contributed by atoms with Crippen LogP contribution < -0.4 is 5.32 Å². The van der Waals surface area contributed by atoms with Gasteiger partial charge in [-0.15, -0.1) is 0 Å². The molecule has 22 heavy (non-hydrogen) atoms. The zero-order valence-corrected chi connectivity index (χ0v) is 12.5. The number of amides is 1. The van der Waals surface area contributed by atoms with Crippen LogP contribution in [-0.4, -0.2) is 36.4 Å². The summed E-state index contributed by atoms with van der Waals surface area (Å²) in [7, 11) is -3.46. The van der Waals surface area contributed by atoms with E-state index in [1.54, 1.807) is 0 Å². The number of halogens is 1. The smallest absolute Gasteiger partial charge is 0.307 e. The lowest BCUT2D eigenvalue weighted by Gasteiger charge is -2.21. The van der Waals surface area contributed by atoms with Crippen LogP contribution in [0.15, 0.2) is 18.2 Å². The highest BCUT2D eigenvalue weighted by atomic mass is 32.2. The molecular weight excluding hydrogens is 313 g/mol. The highest BCUT2D eigenvalue weighted by Gasteiger charge is 2.34. The summed E-state index contributed by atoms with van der Waals surface area (Å²) in [5, 5.41) is 9.91. The molecule has 0 radical (unpaired) electrons. The summed E-state index contributed by atoms with van der Waals surface area (Å²) in [5.41, 5.74) is 0.105. The summed E-state index contributed by atoms with van der Waals surface area (Å²) < 4.78 is 37.4. The van der Waals surface area contributed by atoms with Crippen molar-refractivity contribution in [1.29, 1.82) is 0 Å². The van der Waals surface area contributed by atoms with Gasteiger partial charge in [0.1, 0.15) is 11.1 Å². The molecule has 1 aromatic rings. The number of carboxylic acids is 1. The van der Waals surface area contributed by atoms with Crippen molar-refractivity contribution in [1.82, 2.24) is 0 Å². The molecule has 0 spiro atoms. The number of sulfone groups is 1. The van der Waals surface area contributed by atoms with E-state index in [0.717, 1.165) is 6.07 Å². The van der Waals surface area contributed by atoms with Gasteiger partial charge in [0.25, 0.3) is 0 Å². The fourth-order valence-corrected chi connectivity index (χ4v) is 4.20. The topological polar surface area (TPSA) is 101 Å². The SMILES string of the molecule is O=C(O)Cc1ccc(NC(=O)C2CCCCS2(=O)=O)cc1F. The highest BCUT2D eigenvalue weighted by Crippen LogP contribution is 2.22. The van der Waals surface area contributed by atoms with Crippen LogP contribution >= 0.6 is 0 Å². The minimum atomic E-state index is -3.46. The second kappa shape index (κ2) is 6.43. The van der Waals surface area contributed by atoms with Crippen molar-refractivity contribution < 1.29 is 27.5 Å². The molecule has 1 saturated heterocycles. The van der Waals surface area contributed by atoms with Crippen molar-refractivity contribution in [2.75, 3.05) is 11.1 Å². The number of aliphatic carboxylic acids is 1. The lowest BCUT2D eigenvalue weighted by atomic mass is 10.1. The van der Waals surface area contributed by atoms with Gasteiger partial charge in [-0.25, -0.2) is 12.8 Å². The molecule has 1 fully saturated rings. The van der Waals surface area contributed by atoms with Gasteiger partial charge in [0.05, 0.1) is 12.2 Å². The number of nitrogens with one attached hydrogen (secondary N) is 1. The first-order valence-electron chi connectivity index (χ1n) is 6.82. The van der Waals surface area contributed by atoms with Crippen LogP contribution in [0.5, 0.6) is 0 Å². The van der Waals surface area contributed by atoms with Crippen molar-refractivity contribution in [3.8, 4) is 0 Å². The zero-order valence-electron chi connectivity index (χ0n) is 11.7. The molecule has 1 unspecified atom stereocenters. The first-order valence-corrected chi connectivity index (χ1v) is 8.54. The Kier molecular flexibility index (Phi) is 4.80. The third kappa shape index (κ3) is 3.82. The molecular formula is C14H16FNO5S. The van der Waals surface area contributed by atoms with Gasteiger partial charge in [-0.2, -0.15) is 0 Å². The standard InChI is InChI=1S/C14H16FNO5S/c15-11-8-10(5-4-9(11)7-13(17)18)16-14(19)12-3-1-2-6-22(12,20)21/h4-5,8,12H,1-3,6-7H2,(H,16,19)(H,17,18). The Morgan fingerprint density at radius 3 is 2.64 bits per heavy atom. The molecule has 1 aliphatic rings. The number of rotatable bonds is 4. The van der Waals surface area contributed by atoms with Crippen molar-refractivity contribution in [3.05, 3.63) is 29.6 Å². The van der Waals surface area contributed by atoms with E-state index in [1.165, 1.54) is 12.1 Å². The third-order valence-electron chi connectivity index (χ3n) is 3.53. The van der Waals surface area contributed by atoms with E-state index >= 15 is 0 Å². The number of carbonyl (C=O) groups excluding carboxylic acids is 1. The number of benzene rings is 1. The van der Waals surface area contributed by atoms with Gasteiger partial charge >= 0.3 is 5.97 Å². The van der Waals surface area contributed by atoms with Gasteiger partial charge in [-0.05, 0) is 30.5 Å². The maximum absolute atomic E-state index is 13.7. The predicted octanol–water partition coefficient (Wildman–Crippen LogP) is 1.36. The molecule has 1 amide bonds. The first-order chi connectivity index (χ1) is 10.3. The molecule has 0 aromatic heterocycles. The Morgan fingerprint density at radius 1 is 1.32 bits per heavy atom. The van der Waals surface area contributed by atoms with Crippen LogP contribution in [0, 0.1) is 5.82 Å². The monoisotopic (exact) mass is 329 g/mol. The molecule has 8 heteroatoms. The van der Waals surface area contributed by atoms with Crippen molar-refractivity contribution in [2.24, 2.45) is 0 Å². The van der Waals surface area contributed by atoms with Gasteiger partial charge in [-0.1, -0.05) is 12.5 Å². The van der Waals surface area contributed by atoms with Crippen molar-refractivity contribution in [3.63, 3.8) is 0 Å². The number of carbonyl (C=O) groups is 2.